The average molecular weight is 426 g/mol. The number of aromatic nitrogens is 3. The third kappa shape index (κ3) is 5.43. The summed E-state index contributed by atoms with van der Waals surface area (Å²) in [5, 5.41) is 8.07. The van der Waals surface area contributed by atoms with Crippen molar-refractivity contribution in [2.75, 3.05) is 24.5 Å². The van der Waals surface area contributed by atoms with E-state index in [1.54, 1.807) is 0 Å². The van der Waals surface area contributed by atoms with Gasteiger partial charge in [0, 0.05) is 32.5 Å². The highest BCUT2D eigenvalue weighted by Crippen LogP contribution is 2.32. The molecule has 2 aromatic rings. The molecule has 0 bridgehead atoms. The van der Waals surface area contributed by atoms with E-state index in [1.807, 2.05) is 6.92 Å². The van der Waals surface area contributed by atoms with Gasteiger partial charge in [0.1, 0.15) is 17.0 Å². The Hall–Kier alpha value is -2.44. The summed E-state index contributed by atoms with van der Waals surface area (Å²) in [6, 6.07) is 0. The van der Waals surface area contributed by atoms with E-state index in [2.05, 4.69) is 40.3 Å². The molecule has 0 unspecified atom stereocenters. The Morgan fingerprint density at radius 2 is 2.00 bits per heavy atom. The van der Waals surface area contributed by atoms with Crippen LogP contribution in [0.1, 0.15) is 70.3 Å². The second-order valence-corrected chi connectivity index (χ2v) is 9.47. The van der Waals surface area contributed by atoms with Gasteiger partial charge in [-0.05, 0) is 57.3 Å². The Bertz CT molecular complexity index is 941. The summed E-state index contributed by atoms with van der Waals surface area (Å²) in [6.07, 6.45) is 10.3. The lowest BCUT2D eigenvalue weighted by molar-refractivity contribution is -0.121. The minimum atomic E-state index is 0.0515. The molecule has 0 spiro atoms. The molecule has 4 rings (SSSR count). The monoisotopic (exact) mass is 425 g/mol. The van der Waals surface area contributed by atoms with Crippen molar-refractivity contribution < 1.29 is 9.32 Å². The Balaban J connectivity index is 1.41. The number of nitrogens with one attached hydrogen (secondary N) is 1. The molecule has 2 aromatic heterocycles. The number of carbonyl (C=O) groups excluding carboxylic acids is 1. The maximum absolute atomic E-state index is 12.4. The maximum Gasteiger partial charge on any atom is 0.263 e. The smallest absolute Gasteiger partial charge is 0.263 e. The summed E-state index contributed by atoms with van der Waals surface area (Å²) in [4.78, 5) is 24.1. The third-order valence-corrected chi connectivity index (χ3v) is 6.43. The average Bonchev–Trinajstić information content (AvgIpc) is 3.12. The number of amides is 1. The van der Waals surface area contributed by atoms with E-state index in [0.717, 1.165) is 36.4 Å². The van der Waals surface area contributed by atoms with E-state index in [9.17, 15) is 4.79 Å². The lowest BCUT2D eigenvalue weighted by atomic mass is 9.92. The lowest BCUT2D eigenvalue weighted by Gasteiger charge is -2.36. The number of hydrogen-bond acceptors (Lipinski definition) is 6. The quantitative estimate of drug-likeness (QED) is 0.664. The third-order valence-electron chi connectivity index (χ3n) is 6.43. The van der Waals surface area contributed by atoms with Crippen LogP contribution in [0.4, 0.5) is 5.82 Å². The van der Waals surface area contributed by atoms with Crippen LogP contribution in [-0.2, 0) is 11.2 Å². The summed E-state index contributed by atoms with van der Waals surface area (Å²) in [5.41, 5.74) is 2.82. The summed E-state index contributed by atoms with van der Waals surface area (Å²) in [7, 11) is 0. The first kappa shape index (κ1) is 21.8. The highest BCUT2D eigenvalue weighted by atomic mass is 16.5. The van der Waals surface area contributed by atoms with Crippen molar-refractivity contribution in [3.63, 3.8) is 0 Å². The minimum absolute atomic E-state index is 0.0515. The highest BCUT2D eigenvalue weighted by Gasteiger charge is 2.27. The Labute approximate surface area is 184 Å². The van der Waals surface area contributed by atoms with E-state index >= 15 is 0 Å². The zero-order valence-electron chi connectivity index (χ0n) is 19.1. The molecular formula is C24H35N5O2. The van der Waals surface area contributed by atoms with E-state index in [-0.39, 0.29) is 5.91 Å². The van der Waals surface area contributed by atoms with Gasteiger partial charge >= 0.3 is 0 Å². The Morgan fingerprint density at radius 1 is 1.19 bits per heavy atom. The van der Waals surface area contributed by atoms with E-state index in [4.69, 9.17) is 9.51 Å². The number of fused-ring (bicyclic) bond motifs is 1. The van der Waals surface area contributed by atoms with Crippen molar-refractivity contribution in [2.24, 2.45) is 11.8 Å². The van der Waals surface area contributed by atoms with Crippen molar-refractivity contribution in [1.29, 1.82) is 0 Å². The molecule has 168 valence electrons. The van der Waals surface area contributed by atoms with Crippen LogP contribution in [0.15, 0.2) is 16.2 Å². The first-order valence-corrected chi connectivity index (χ1v) is 11.8. The van der Waals surface area contributed by atoms with Gasteiger partial charge in [-0.15, -0.1) is 0 Å². The number of hydrogen-bond donors (Lipinski definition) is 1. The zero-order valence-corrected chi connectivity index (χ0v) is 19.1. The van der Waals surface area contributed by atoms with E-state index in [0.29, 0.717) is 42.8 Å². The number of carbonyl (C=O) groups is 1. The van der Waals surface area contributed by atoms with Crippen LogP contribution in [0, 0.1) is 18.8 Å². The summed E-state index contributed by atoms with van der Waals surface area (Å²) < 4.78 is 5.48. The minimum Gasteiger partial charge on any atom is -0.356 e. The normalized spacial score (nSPS) is 21.9. The first-order valence-electron chi connectivity index (χ1n) is 11.8. The van der Waals surface area contributed by atoms with Gasteiger partial charge in [0.2, 0.25) is 5.91 Å². The molecule has 0 aromatic carbocycles. The van der Waals surface area contributed by atoms with Gasteiger partial charge in [-0.2, -0.15) is 4.98 Å². The van der Waals surface area contributed by atoms with Crippen LogP contribution in [0.3, 0.4) is 0 Å². The molecule has 1 amide bonds. The van der Waals surface area contributed by atoms with Gasteiger partial charge in [-0.25, -0.2) is 4.98 Å². The van der Waals surface area contributed by atoms with Gasteiger partial charge in [0.05, 0.1) is 5.69 Å². The first-order chi connectivity index (χ1) is 15.0. The van der Waals surface area contributed by atoms with Gasteiger partial charge < -0.3 is 14.7 Å². The molecule has 1 aliphatic heterocycles. The second-order valence-electron chi connectivity index (χ2n) is 9.47. The van der Waals surface area contributed by atoms with Crippen molar-refractivity contribution in [2.45, 2.75) is 72.1 Å². The number of rotatable bonds is 7. The molecule has 1 saturated heterocycles. The molecule has 7 nitrogen and oxygen atoms in total. The van der Waals surface area contributed by atoms with Crippen LogP contribution in [0.2, 0.25) is 0 Å². The predicted octanol–water partition coefficient (Wildman–Crippen LogP) is 4.35. The Kier molecular flexibility index (Phi) is 6.88. The number of piperidine rings is 1. The van der Waals surface area contributed by atoms with Crippen molar-refractivity contribution >= 4 is 22.8 Å². The Morgan fingerprint density at radius 3 is 2.74 bits per heavy atom. The van der Waals surface area contributed by atoms with Crippen LogP contribution >= 0.6 is 0 Å². The maximum atomic E-state index is 12.4. The molecule has 7 heteroatoms. The van der Waals surface area contributed by atoms with Crippen LogP contribution in [0.5, 0.6) is 0 Å². The molecule has 0 saturated carbocycles. The number of anilines is 1. The van der Waals surface area contributed by atoms with E-state index in [1.165, 1.54) is 37.7 Å². The number of aryl methyl sites for hydroxylation is 2. The molecule has 31 heavy (non-hydrogen) atoms. The molecule has 2 aliphatic rings. The lowest BCUT2D eigenvalue weighted by Crippen LogP contribution is -2.39. The highest BCUT2D eigenvalue weighted by molar-refractivity contribution is 5.88. The fraction of sp³-hybridized carbons (Fsp3) is 0.667. The van der Waals surface area contributed by atoms with Crippen molar-refractivity contribution in [3.8, 4) is 0 Å². The topological polar surface area (TPSA) is 84.1 Å². The fourth-order valence-electron chi connectivity index (χ4n) is 5.00. The van der Waals surface area contributed by atoms with Crippen molar-refractivity contribution in [3.05, 3.63) is 23.2 Å². The van der Waals surface area contributed by atoms with E-state index < -0.39 is 0 Å². The van der Waals surface area contributed by atoms with Crippen LogP contribution in [0.25, 0.3) is 11.1 Å². The molecule has 2 atom stereocenters. The second kappa shape index (κ2) is 9.79. The standard InChI is InChI=1S/C24H35N5O2/c1-16-13-17(2)15-29(14-16)23-22-18(3)28-31-24(22)27-20(26-23)9-10-21(30)25-12-11-19-7-5-4-6-8-19/h7,16-17H,4-6,8-15H2,1-3H3,(H,25,30)/t16-,17+. The molecule has 0 radical (unpaired) electrons. The van der Waals surface area contributed by atoms with Crippen molar-refractivity contribution in [1.82, 2.24) is 20.4 Å². The van der Waals surface area contributed by atoms with Gasteiger partial charge in [-0.3, -0.25) is 4.79 Å². The molecule has 1 N–H and O–H groups in total. The predicted molar refractivity (Wildman–Crippen MR) is 122 cm³/mol. The molecule has 1 aliphatic carbocycles. The molecular weight excluding hydrogens is 390 g/mol. The summed E-state index contributed by atoms with van der Waals surface area (Å²) >= 11 is 0. The van der Waals surface area contributed by atoms with Gasteiger partial charge in [0.15, 0.2) is 0 Å². The zero-order chi connectivity index (χ0) is 21.8. The fourth-order valence-corrected chi connectivity index (χ4v) is 5.00. The largest absolute Gasteiger partial charge is 0.356 e. The molecule has 1 fully saturated rings. The van der Waals surface area contributed by atoms with Gasteiger partial charge in [-0.1, -0.05) is 30.7 Å². The number of allylic oxidation sites excluding steroid dienone is 1. The molecule has 3 heterocycles. The number of nitrogens with zero attached hydrogens (tertiary/aromatic N) is 4. The SMILES string of the molecule is Cc1noc2nc(CCC(=O)NCCC3=CCCCC3)nc(N3C[C@H](C)C[C@H](C)C3)c12. The summed E-state index contributed by atoms with van der Waals surface area (Å²) in [5.74, 6) is 2.83. The summed E-state index contributed by atoms with van der Waals surface area (Å²) in [6.45, 7) is 9.16. The van der Waals surface area contributed by atoms with Gasteiger partial charge in [0.25, 0.3) is 5.71 Å². The van der Waals surface area contributed by atoms with Crippen LogP contribution in [-0.4, -0.2) is 40.7 Å². The van der Waals surface area contributed by atoms with Crippen LogP contribution < -0.4 is 10.2 Å².